The van der Waals surface area contributed by atoms with Crippen molar-refractivity contribution in [2.45, 2.75) is 39.8 Å². The minimum absolute atomic E-state index is 0.0101. The summed E-state index contributed by atoms with van der Waals surface area (Å²) >= 11 is 0. The van der Waals surface area contributed by atoms with Crippen LogP contribution >= 0.6 is 0 Å². The number of halogens is 1. The van der Waals surface area contributed by atoms with E-state index in [0.29, 0.717) is 43.0 Å². The Kier molecular flexibility index (Phi) is 7.73. The SMILES string of the molecule is CCOC(=O)C1=C(CN2CCN(C(=O)C(C)C)[C@H](C)C2)N(C)C(=O)N[C@@H]1c1ccc(F)cc1. The zero-order valence-corrected chi connectivity index (χ0v) is 19.9. The number of hydrogen-bond donors (Lipinski definition) is 1. The molecule has 3 rings (SSSR count). The Labute approximate surface area is 194 Å². The van der Waals surface area contributed by atoms with Crippen LogP contribution in [0.15, 0.2) is 35.5 Å². The number of nitrogens with zero attached hydrogens (tertiary/aromatic N) is 3. The lowest BCUT2D eigenvalue weighted by Gasteiger charge is -2.42. The molecule has 8 nitrogen and oxygen atoms in total. The first-order valence-corrected chi connectivity index (χ1v) is 11.4. The average molecular weight is 461 g/mol. The topological polar surface area (TPSA) is 82.2 Å². The Balaban J connectivity index is 1.93. The van der Waals surface area contributed by atoms with Gasteiger partial charge in [-0.05, 0) is 31.5 Å². The van der Waals surface area contributed by atoms with Crippen molar-refractivity contribution in [1.29, 1.82) is 0 Å². The van der Waals surface area contributed by atoms with E-state index in [1.807, 2.05) is 25.7 Å². The van der Waals surface area contributed by atoms with E-state index in [-0.39, 0.29) is 30.5 Å². The van der Waals surface area contributed by atoms with Crippen molar-refractivity contribution in [1.82, 2.24) is 20.0 Å². The Morgan fingerprint density at radius 3 is 2.45 bits per heavy atom. The third-order valence-corrected chi connectivity index (χ3v) is 6.14. The average Bonchev–Trinajstić information content (AvgIpc) is 2.77. The summed E-state index contributed by atoms with van der Waals surface area (Å²) in [6, 6.07) is 4.63. The fourth-order valence-corrected chi connectivity index (χ4v) is 4.35. The summed E-state index contributed by atoms with van der Waals surface area (Å²) in [6.07, 6.45) is 0. The fraction of sp³-hybridized carbons (Fsp3) is 0.542. The molecule has 2 aliphatic heterocycles. The number of amides is 3. The molecule has 1 aromatic rings. The van der Waals surface area contributed by atoms with Crippen LogP contribution in [0.4, 0.5) is 9.18 Å². The molecule has 0 spiro atoms. The largest absolute Gasteiger partial charge is 0.463 e. The second kappa shape index (κ2) is 10.3. The van der Waals surface area contributed by atoms with E-state index in [0.717, 1.165) is 0 Å². The molecule has 180 valence electrons. The van der Waals surface area contributed by atoms with E-state index < -0.39 is 17.8 Å². The number of urea groups is 1. The van der Waals surface area contributed by atoms with Crippen LogP contribution in [0.1, 0.15) is 39.3 Å². The first-order chi connectivity index (χ1) is 15.6. The second-order valence-electron chi connectivity index (χ2n) is 8.84. The Morgan fingerprint density at radius 1 is 1.21 bits per heavy atom. The van der Waals surface area contributed by atoms with Crippen molar-refractivity contribution in [2.75, 3.05) is 39.8 Å². The Hall–Kier alpha value is -2.94. The third-order valence-electron chi connectivity index (χ3n) is 6.14. The van der Waals surface area contributed by atoms with Crippen LogP contribution in [-0.4, -0.2) is 78.5 Å². The number of hydrogen-bond acceptors (Lipinski definition) is 5. The van der Waals surface area contributed by atoms with Crippen molar-refractivity contribution < 1.29 is 23.5 Å². The highest BCUT2D eigenvalue weighted by atomic mass is 19.1. The fourth-order valence-electron chi connectivity index (χ4n) is 4.35. The van der Waals surface area contributed by atoms with Crippen LogP contribution < -0.4 is 5.32 Å². The van der Waals surface area contributed by atoms with Gasteiger partial charge >= 0.3 is 12.0 Å². The number of ether oxygens (including phenoxy) is 1. The Bertz CT molecular complexity index is 931. The monoisotopic (exact) mass is 460 g/mol. The van der Waals surface area contributed by atoms with Crippen LogP contribution in [0.25, 0.3) is 0 Å². The van der Waals surface area contributed by atoms with Crippen molar-refractivity contribution in [3.8, 4) is 0 Å². The van der Waals surface area contributed by atoms with Crippen LogP contribution in [0.2, 0.25) is 0 Å². The van der Waals surface area contributed by atoms with E-state index in [2.05, 4.69) is 10.2 Å². The van der Waals surface area contributed by atoms with Crippen molar-refractivity contribution in [3.05, 3.63) is 46.9 Å². The molecule has 2 atom stereocenters. The van der Waals surface area contributed by atoms with Gasteiger partial charge in [0.05, 0.1) is 18.2 Å². The van der Waals surface area contributed by atoms with Crippen LogP contribution in [0, 0.1) is 11.7 Å². The van der Waals surface area contributed by atoms with Crippen molar-refractivity contribution in [2.24, 2.45) is 5.92 Å². The number of carbonyl (C=O) groups is 3. The van der Waals surface area contributed by atoms with Gasteiger partial charge in [0.2, 0.25) is 5.91 Å². The summed E-state index contributed by atoms with van der Waals surface area (Å²) < 4.78 is 18.8. The zero-order valence-electron chi connectivity index (χ0n) is 19.9. The molecule has 0 aromatic heterocycles. The molecule has 1 N–H and O–H groups in total. The third kappa shape index (κ3) is 5.35. The number of carbonyl (C=O) groups excluding carboxylic acids is 3. The maximum atomic E-state index is 13.5. The summed E-state index contributed by atoms with van der Waals surface area (Å²) in [5.74, 6) is -0.862. The lowest BCUT2D eigenvalue weighted by molar-refractivity contribution is -0.139. The van der Waals surface area contributed by atoms with E-state index >= 15 is 0 Å². The quantitative estimate of drug-likeness (QED) is 0.660. The van der Waals surface area contributed by atoms with Crippen LogP contribution in [0.3, 0.4) is 0 Å². The van der Waals surface area contributed by atoms with E-state index in [4.69, 9.17) is 4.74 Å². The van der Waals surface area contributed by atoms with Gasteiger partial charge in [0.1, 0.15) is 5.82 Å². The van der Waals surface area contributed by atoms with Gasteiger partial charge in [0.15, 0.2) is 0 Å². The second-order valence-corrected chi connectivity index (χ2v) is 8.84. The highest BCUT2D eigenvalue weighted by molar-refractivity contribution is 5.95. The summed E-state index contributed by atoms with van der Waals surface area (Å²) in [6.45, 7) is 9.88. The molecule has 1 fully saturated rings. The number of rotatable bonds is 6. The maximum Gasteiger partial charge on any atom is 0.338 e. The van der Waals surface area contributed by atoms with E-state index in [9.17, 15) is 18.8 Å². The van der Waals surface area contributed by atoms with Gasteiger partial charge < -0.3 is 15.0 Å². The summed E-state index contributed by atoms with van der Waals surface area (Å²) in [7, 11) is 1.62. The van der Waals surface area contributed by atoms with Gasteiger partial charge in [-0.1, -0.05) is 26.0 Å². The lowest BCUT2D eigenvalue weighted by atomic mass is 9.94. The summed E-state index contributed by atoms with van der Waals surface area (Å²) in [5.41, 5.74) is 1.47. The molecule has 33 heavy (non-hydrogen) atoms. The van der Waals surface area contributed by atoms with Crippen LogP contribution in [-0.2, 0) is 14.3 Å². The van der Waals surface area contributed by atoms with Gasteiger partial charge in [-0.25, -0.2) is 14.0 Å². The molecule has 2 aliphatic rings. The molecular formula is C24H33FN4O4. The van der Waals surface area contributed by atoms with Gasteiger partial charge in [-0.2, -0.15) is 0 Å². The number of esters is 1. The van der Waals surface area contributed by atoms with Crippen molar-refractivity contribution in [3.63, 3.8) is 0 Å². The highest BCUT2D eigenvalue weighted by Crippen LogP contribution is 2.32. The lowest BCUT2D eigenvalue weighted by Crippen LogP contribution is -2.56. The first-order valence-electron chi connectivity index (χ1n) is 11.4. The molecule has 0 aliphatic carbocycles. The number of likely N-dealkylation sites (N-methyl/N-ethyl adjacent to an activating group) is 1. The van der Waals surface area contributed by atoms with Crippen LogP contribution in [0.5, 0.6) is 0 Å². The zero-order chi connectivity index (χ0) is 24.3. The molecule has 1 aromatic carbocycles. The van der Waals surface area contributed by atoms with Gasteiger partial charge in [0.25, 0.3) is 0 Å². The summed E-state index contributed by atoms with van der Waals surface area (Å²) in [5, 5.41) is 2.84. The standard InChI is InChI=1S/C24H33FN4O4/c1-6-33-23(31)20-19(14-28-11-12-29(16(4)13-28)22(30)15(2)3)27(5)24(32)26-21(20)17-7-9-18(25)10-8-17/h7-10,15-16,21H,6,11-14H2,1-5H3,(H,26,32)/t16-,21-/m1/s1. The summed E-state index contributed by atoms with van der Waals surface area (Å²) in [4.78, 5) is 43.8. The Morgan fingerprint density at radius 2 is 1.88 bits per heavy atom. The van der Waals surface area contributed by atoms with Gasteiger partial charge in [-0.3, -0.25) is 14.6 Å². The highest BCUT2D eigenvalue weighted by Gasteiger charge is 2.38. The minimum Gasteiger partial charge on any atom is -0.463 e. The molecule has 1 saturated heterocycles. The number of nitrogens with one attached hydrogen (secondary N) is 1. The molecule has 0 saturated carbocycles. The number of benzene rings is 1. The van der Waals surface area contributed by atoms with E-state index in [1.165, 1.54) is 17.0 Å². The molecule has 0 radical (unpaired) electrons. The molecule has 0 unspecified atom stereocenters. The van der Waals surface area contributed by atoms with Gasteiger partial charge in [0, 0.05) is 50.9 Å². The molecule has 0 bridgehead atoms. The molecule has 9 heteroatoms. The number of piperazine rings is 1. The molecular weight excluding hydrogens is 427 g/mol. The molecule has 3 amide bonds. The van der Waals surface area contributed by atoms with Crippen molar-refractivity contribution >= 4 is 17.9 Å². The van der Waals surface area contributed by atoms with E-state index in [1.54, 1.807) is 26.1 Å². The first kappa shape index (κ1) is 24.7. The minimum atomic E-state index is -0.746. The normalized spacial score (nSPS) is 22.0. The molecule has 2 heterocycles. The predicted octanol–water partition coefficient (Wildman–Crippen LogP) is 2.53. The smallest absolute Gasteiger partial charge is 0.338 e. The predicted molar refractivity (Wildman–Crippen MR) is 122 cm³/mol. The van der Waals surface area contributed by atoms with Gasteiger partial charge in [-0.15, -0.1) is 0 Å². The maximum absolute atomic E-state index is 13.5.